The number of esters is 1. The zero-order valence-electron chi connectivity index (χ0n) is 10.8. The molecule has 0 fully saturated rings. The van der Waals surface area contributed by atoms with Gasteiger partial charge in [0.1, 0.15) is 6.54 Å². The molecule has 7 heteroatoms. The van der Waals surface area contributed by atoms with E-state index in [0.29, 0.717) is 12.3 Å². The van der Waals surface area contributed by atoms with Crippen LogP contribution in [-0.4, -0.2) is 31.2 Å². The average molecular weight is 268 g/mol. The molecule has 0 saturated heterocycles. The third-order valence-corrected chi connectivity index (χ3v) is 2.28. The SMILES string of the molecule is CCCOc1cc(NCC(=O)OC)ccc1[N+](=O)[O-]. The molecule has 1 rings (SSSR count). The first-order valence-electron chi connectivity index (χ1n) is 5.80. The molecule has 104 valence electrons. The van der Waals surface area contributed by atoms with E-state index in [-0.39, 0.29) is 18.0 Å². The molecule has 1 aromatic carbocycles. The Bertz CT molecular complexity index is 461. The summed E-state index contributed by atoms with van der Waals surface area (Å²) in [4.78, 5) is 21.3. The summed E-state index contributed by atoms with van der Waals surface area (Å²) in [5.74, 6) is -0.240. The first kappa shape index (κ1) is 14.7. The van der Waals surface area contributed by atoms with Crippen LogP contribution in [0.3, 0.4) is 0 Å². The highest BCUT2D eigenvalue weighted by Crippen LogP contribution is 2.30. The number of nitrogens with zero attached hydrogens (tertiary/aromatic N) is 1. The highest BCUT2D eigenvalue weighted by atomic mass is 16.6. The zero-order chi connectivity index (χ0) is 14.3. The number of nitro benzene ring substituents is 1. The van der Waals surface area contributed by atoms with Gasteiger partial charge in [-0.05, 0) is 12.5 Å². The second kappa shape index (κ2) is 7.20. The van der Waals surface area contributed by atoms with Crippen LogP contribution in [0.25, 0.3) is 0 Å². The highest BCUT2D eigenvalue weighted by molar-refractivity contribution is 5.75. The van der Waals surface area contributed by atoms with Crippen molar-refractivity contribution in [2.45, 2.75) is 13.3 Å². The smallest absolute Gasteiger partial charge is 0.325 e. The third kappa shape index (κ3) is 4.46. The van der Waals surface area contributed by atoms with Gasteiger partial charge in [0.15, 0.2) is 5.75 Å². The zero-order valence-corrected chi connectivity index (χ0v) is 10.8. The Balaban J connectivity index is 2.84. The molecule has 1 aromatic rings. The van der Waals surface area contributed by atoms with Gasteiger partial charge in [0.05, 0.1) is 18.6 Å². The number of benzene rings is 1. The summed E-state index contributed by atoms with van der Waals surface area (Å²) in [6.45, 7) is 2.29. The number of hydrogen-bond acceptors (Lipinski definition) is 6. The molecule has 7 nitrogen and oxygen atoms in total. The molecule has 0 aliphatic rings. The summed E-state index contributed by atoms with van der Waals surface area (Å²) in [7, 11) is 1.29. The Kier molecular flexibility index (Phi) is 5.59. The second-order valence-corrected chi connectivity index (χ2v) is 3.72. The topological polar surface area (TPSA) is 90.7 Å². The van der Waals surface area contributed by atoms with Crippen LogP contribution in [0.15, 0.2) is 18.2 Å². The molecule has 0 aliphatic carbocycles. The minimum Gasteiger partial charge on any atom is -0.487 e. The third-order valence-electron chi connectivity index (χ3n) is 2.28. The lowest BCUT2D eigenvalue weighted by Gasteiger charge is -2.09. The maximum absolute atomic E-state index is 11.0. The summed E-state index contributed by atoms with van der Waals surface area (Å²) in [6, 6.07) is 4.35. The summed E-state index contributed by atoms with van der Waals surface area (Å²) < 4.78 is 9.81. The molecule has 0 heterocycles. The summed E-state index contributed by atoms with van der Waals surface area (Å²) in [5, 5.41) is 13.6. The van der Waals surface area contributed by atoms with Gasteiger partial charge in [0, 0.05) is 17.8 Å². The Labute approximate surface area is 110 Å². The van der Waals surface area contributed by atoms with Crippen molar-refractivity contribution in [2.75, 3.05) is 25.6 Å². The first-order chi connectivity index (χ1) is 9.08. The van der Waals surface area contributed by atoms with E-state index in [1.165, 1.54) is 25.3 Å². The molecule has 0 unspecified atom stereocenters. The van der Waals surface area contributed by atoms with Crippen LogP contribution in [-0.2, 0) is 9.53 Å². The largest absolute Gasteiger partial charge is 0.487 e. The number of nitro groups is 1. The van der Waals surface area contributed by atoms with E-state index >= 15 is 0 Å². The summed E-state index contributed by atoms with van der Waals surface area (Å²) in [5.41, 5.74) is 0.458. The fourth-order valence-electron chi connectivity index (χ4n) is 1.35. The van der Waals surface area contributed by atoms with Crippen LogP contribution in [0.2, 0.25) is 0 Å². The molecular weight excluding hydrogens is 252 g/mol. The van der Waals surface area contributed by atoms with Crippen molar-refractivity contribution in [3.05, 3.63) is 28.3 Å². The monoisotopic (exact) mass is 268 g/mol. The predicted molar refractivity (Wildman–Crippen MR) is 69.4 cm³/mol. The van der Waals surface area contributed by atoms with Gasteiger partial charge in [0.25, 0.3) is 0 Å². The molecule has 0 atom stereocenters. The molecular formula is C12H16N2O5. The molecule has 19 heavy (non-hydrogen) atoms. The summed E-state index contributed by atoms with van der Waals surface area (Å²) >= 11 is 0. The van der Waals surface area contributed by atoms with Gasteiger partial charge in [-0.1, -0.05) is 6.92 Å². The lowest BCUT2D eigenvalue weighted by atomic mass is 10.2. The molecule has 0 radical (unpaired) electrons. The van der Waals surface area contributed by atoms with E-state index in [4.69, 9.17) is 4.74 Å². The van der Waals surface area contributed by atoms with Crippen molar-refractivity contribution in [1.29, 1.82) is 0 Å². The average Bonchev–Trinajstić information content (AvgIpc) is 2.42. The van der Waals surface area contributed by atoms with Gasteiger partial charge < -0.3 is 14.8 Å². The molecule has 1 N–H and O–H groups in total. The van der Waals surface area contributed by atoms with Crippen LogP contribution in [0, 0.1) is 10.1 Å². The lowest BCUT2D eigenvalue weighted by molar-refractivity contribution is -0.385. The minimum absolute atomic E-state index is 0.0124. The van der Waals surface area contributed by atoms with Crippen LogP contribution < -0.4 is 10.1 Å². The number of rotatable bonds is 7. The standard InChI is InChI=1S/C12H16N2O5/c1-3-6-19-11-7-9(13-8-12(15)18-2)4-5-10(11)14(16)17/h4-5,7,13H,3,6,8H2,1-2H3. The lowest BCUT2D eigenvalue weighted by Crippen LogP contribution is -2.15. The fraction of sp³-hybridized carbons (Fsp3) is 0.417. The maximum atomic E-state index is 11.0. The maximum Gasteiger partial charge on any atom is 0.325 e. The van der Waals surface area contributed by atoms with Gasteiger partial charge in [-0.15, -0.1) is 0 Å². The summed E-state index contributed by atoms with van der Waals surface area (Å²) in [6.07, 6.45) is 0.747. The number of carbonyl (C=O) groups is 1. The number of methoxy groups -OCH3 is 1. The molecule has 0 aromatic heterocycles. The highest BCUT2D eigenvalue weighted by Gasteiger charge is 2.15. The number of anilines is 1. The Hall–Kier alpha value is -2.31. The van der Waals surface area contributed by atoms with E-state index in [2.05, 4.69) is 10.1 Å². The van der Waals surface area contributed by atoms with Crippen LogP contribution in [0.5, 0.6) is 5.75 Å². The number of carbonyl (C=O) groups excluding carboxylic acids is 1. The number of ether oxygens (including phenoxy) is 2. The normalized spacial score (nSPS) is 9.79. The van der Waals surface area contributed by atoms with Crippen molar-refractivity contribution in [1.82, 2.24) is 0 Å². The van der Waals surface area contributed by atoms with Gasteiger partial charge in [-0.2, -0.15) is 0 Å². The fourth-order valence-corrected chi connectivity index (χ4v) is 1.35. The van der Waals surface area contributed by atoms with E-state index in [0.717, 1.165) is 6.42 Å². The van der Waals surface area contributed by atoms with Gasteiger partial charge in [-0.25, -0.2) is 0 Å². The van der Waals surface area contributed by atoms with E-state index in [9.17, 15) is 14.9 Å². The quantitative estimate of drug-likeness (QED) is 0.462. The number of hydrogen-bond donors (Lipinski definition) is 1. The van der Waals surface area contributed by atoms with Gasteiger partial charge in [0.2, 0.25) is 0 Å². The van der Waals surface area contributed by atoms with Crippen LogP contribution >= 0.6 is 0 Å². The second-order valence-electron chi connectivity index (χ2n) is 3.72. The minimum atomic E-state index is -0.505. The Morgan fingerprint density at radius 3 is 2.79 bits per heavy atom. The molecule has 0 saturated carbocycles. The van der Waals surface area contributed by atoms with Crippen molar-refractivity contribution < 1.29 is 19.2 Å². The van der Waals surface area contributed by atoms with Crippen LogP contribution in [0.4, 0.5) is 11.4 Å². The Morgan fingerprint density at radius 2 is 2.21 bits per heavy atom. The van der Waals surface area contributed by atoms with E-state index in [1.54, 1.807) is 0 Å². The predicted octanol–water partition coefficient (Wildman–Crippen LogP) is 1.97. The van der Waals surface area contributed by atoms with Crippen molar-refractivity contribution in [3.8, 4) is 5.75 Å². The van der Waals surface area contributed by atoms with E-state index in [1.807, 2.05) is 6.92 Å². The first-order valence-corrected chi connectivity index (χ1v) is 5.80. The van der Waals surface area contributed by atoms with Crippen molar-refractivity contribution >= 4 is 17.3 Å². The van der Waals surface area contributed by atoms with Crippen molar-refractivity contribution in [2.24, 2.45) is 0 Å². The molecule has 0 aliphatic heterocycles. The Morgan fingerprint density at radius 1 is 1.47 bits per heavy atom. The molecule has 0 spiro atoms. The van der Waals surface area contributed by atoms with Gasteiger partial charge in [-0.3, -0.25) is 14.9 Å². The van der Waals surface area contributed by atoms with E-state index < -0.39 is 10.9 Å². The molecule has 0 amide bonds. The van der Waals surface area contributed by atoms with Crippen LogP contribution in [0.1, 0.15) is 13.3 Å². The van der Waals surface area contributed by atoms with Crippen molar-refractivity contribution in [3.63, 3.8) is 0 Å². The molecule has 0 bridgehead atoms. The van der Waals surface area contributed by atoms with Gasteiger partial charge >= 0.3 is 11.7 Å². The number of nitrogens with one attached hydrogen (secondary N) is 1.